The minimum atomic E-state index is -0.259. The highest BCUT2D eigenvalue weighted by molar-refractivity contribution is 5.99. The number of rotatable bonds is 4. The van der Waals surface area contributed by atoms with Crippen molar-refractivity contribution in [2.24, 2.45) is 5.92 Å². The largest absolute Gasteiger partial charge is 0.448 e. The summed E-state index contributed by atoms with van der Waals surface area (Å²) in [4.78, 5) is 28.9. The number of piperidine rings is 2. The van der Waals surface area contributed by atoms with Gasteiger partial charge < -0.3 is 9.64 Å². The first-order valence-electron chi connectivity index (χ1n) is 13.2. The van der Waals surface area contributed by atoms with Crippen molar-refractivity contribution in [2.75, 3.05) is 6.61 Å². The van der Waals surface area contributed by atoms with Crippen LogP contribution < -0.4 is 0 Å². The van der Waals surface area contributed by atoms with E-state index in [1.54, 1.807) is 12.1 Å². The fourth-order valence-corrected chi connectivity index (χ4v) is 6.74. The summed E-state index contributed by atoms with van der Waals surface area (Å²) in [5.41, 5.74) is 6.87. The normalized spacial score (nSPS) is 22.1. The van der Waals surface area contributed by atoms with Crippen molar-refractivity contribution in [3.8, 4) is 17.2 Å². The average molecular weight is 491 g/mol. The van der Waals surface area contributed by atoms with E-state index in [9.17, 15) is 14.9 Å². The molecule has 186 valence electrons. The van der Waals surface area contributed by atoms with E-state index in [0.29, 0.717) is 30.6 Å². The number of amides is 1. The topological polar surface area (TPSA) is 70.4 Å². The molecule has 2 aliphatic heterocycles. The highest BCUT2D eigenvalue weighted by Crippen LogP contribution is 2.45. The number of ether oxygens (including phenoxy) is 1. The molecule has 2 heterocycles. The molecule has 2 fully saturated rings. The maximum Gasteiger partial charge on any atom is 0.410 e. The molecule has 5 heteroatoms. The molecule has 0 radical (unpaired) electrons. The lowest BCUT2D eigenvalue weighted by Gasteiger charge is -2.47. The van der Waals surface area contributed by atoms with Crippen LogP contribution >= 0.6 is 0 Å². The standard InChI is InChI=1S/C32H30N2O3/c1-20-13-14-21(18-33)15-29(20)31(35)22-16-23-7-6-8-24(17-22)34(23)32(36)37-19-30-27-11-4-2-9-25(27)26-10-3-5-12-28(26)30/h2-5,9-15,22-24,30H,6-8,16-17,19H2,1H3. The third kappa shape index (κ3) is 4.11. The molecule has 3 aromatic rings. The van der Waals surface area contributed by atoms with E-state index < -0.39 is 0 Å². The van der Waals surface area contributed by atoms with Crippen LogP contribution in [-0.2, 0) is 4.74 Å². The van der Waals surface area contributed by atoms with Crippen LogP contribution in [0.15, 0.2) is 66.7 Å². The van der Waals surface area contributed by atoms with Crippen molar-refractivity contribution in [3.05, 3.63) is 94.5 Å². The van der Waals surface area contributed by atoms with Crippen molar-refractivity contribution >= 4 is 11.9 Å². The van der Waals surface area contributed by atoms with E-state index in [0.717, 1.165) is 24.8 Å². The van der Waals surface area contributed by atoms with Gasteiger partial charge in [-0.3, -0.25) is 4.79 Å². The zero-order valence-corrected chi connectivity index (χ0v) is 21.0. The predicted octanol–water partition coefficient (Wildman–Crippen LogP) is 6.63. The fraction of sp³-hybridized carbons (Fsp3) is 0.344. The number of Topliss-reactive ketones (excluding diaryl/α,β-unsaturated/α-hetero) is 1. The molecule has 2 saturated heterocycles. The smallest absolute Gasteiger partial charge is 0.410 e. The molecule has 5 nitrogen and oxygen atoms in total. The second-order valence-corrected chi connectivity index (χ2v) is 10.6. The van der Waals surface area contributed by atoms with Gasteiger partial charge >= 0.3 is 6.09 Å². The molecule has 0 aromatic heterocycles. The van der Waals surface area contributed by atoms with Crippen LogP contribution in [0.3, 0.4) is 0 Å². The van der Waals surface area contributed by atoms with E-state index in [1.165, 1.54) is 22.3 Å². The SMILES string of the molecule is Cc1ccc(C#N)cc1C(=O)C1CC2CCCC(C1)N2C(=O)OCC1c2ccccc2-c2ccccc21. The van der Waals surface area contributed by atoms with Crippen molar-refractivity contribution < 1.29 is 14.3 Å². The third-order valence-electron chi connectivity index (χ3n) is 8.52. The fourth-order valence-electron chi connectivity index (χ4n) is 6.74. The van der Waals surface area contributed by atoms with E-state index >= 15 is 0 Å². The van der Waals surface area contributed by atoms with Crippen molar-refractivity contribution in [2.45, 2.75) is 57.0 Å². The van der Waals surface area contributed by atoms with Gasteiger partial charge in [-0.15, -0.1) is 0 Å². The van der Waals surface area contributed by atoms with Crippen LogP contribution in [0.25, 0.3) is 11.1 Å². The van der Waals surface area contributed by atoms with Gasteiger partial charge in [0.05, 0.1) is 11.6 Å². The number of benzene rings is 3. The Bertz CT molecular complexity index is 1360. The minimum absolute atomic E-state index is 0.0107. The van der Waals surface area contributed by atoms with Gasteiger partial charge in [0.1, 0.15) is 6.61 Å². The number of ketones is 1. The van der Waals surface area contributed by atoms with Crippen LogP contribution in [0.2, 0.25) is 0 Å². The Morgan fingerprint density at radius 2 is 1.57 bits per heavy atom. The third-order valence-corrected chi connectivity index (χ3v) is 8.52. The summed E-state index contributed by atoms with van der Waals surface area (Å²) in [6.45, 7) is 2.23. The first-order chi connectivity index (χ1) is 18.0. The lowest BCUT2D eigenvalue weighted by Crippen LogP contribution is -2.56. The Kier molecular flexibility index (Phi) is 6.04. The van der Waals surface area contributed by atoms with E-state index in [-0.39, 0.29) is 35.8 Å². The summed E-state index contributed by atoms with van der Waals surface area (Å²) < 4.78 is 6.01. The number of hydrogen-bond donors (Lipinski definition) is 0. The average Bonchev–Trinajstić information content (AvgIpc) is 3.24. The number of fused-ring (bicyclic) bond motifs is 5. The molecule has 2 bridgehead atoms. The van der Waals surface area contributed by atoms with Gasteiger partial charge in [0, 0.05) is 29.5 Å². The Labute approximate surface area is 217 Å². The number of nitriles is 1. The molecule has 6 rings (SSSR count). The number of carbonyl (C=O) groups excluding carboxylic acids is 2. The summed E-state index contributed by atoms with van der Waals surface area (Å²) in [5, 5.41) is 9.29. The lowest BCUT2D eigenvalue weighted by atomic mass is 9.75. The van der Waals surface area contributed by atoms with Crippen LogP contribution in [-0.4, -0.2) is 35.5 Å². The molecular formula is C32H30N2O3. The maximum atomic E-state index is 13.5. The molecule has 2 unspecified atom stereocenters. The molecule has 1 aliphatic carbocycles. The zero-order valence-electron chi connectivity index (χ0n) is 21.0. The van der Waals surface area contributed by atoms with Gasteiger partial charge in [-0.2, -0.15) is 5.26 Å². The molecule has 1 amide bonds. The van der Waals surface area contributed by atoms with E-state index in [1.807, 2.05) is 30.0 Å². The second kappa shape index (κ2) is 9.52. The Hall–Kier alpha value is -3.91. The van der Waals surface area contributed by atoms with E-state index in [2.05, 4.69) is 42.5 Å². The quantitative estimate of drug-likeness (QED) is 0.385. The predicted molar refractivity (Wildman–Crippen MR) is 141 cm³/mol. The Balaban J connectivity index is 1.17. The summed E-state index contributed by atoms with van der Waals surface area (Å²) in [6.07, 6.45) is 3.88. The molecule has 37 heavy (non-hydrogen) atoms. The molecule has 3 aromatic carbocycles. The highest BCUT2D eigenvalue weighted by atomic mass is 16.6. The van der Waals surface area contributed by atoms with Crippen LogP contribution in [0.5, 0.6) is 0 Å². The second-order valence-electron chi connectivity index (χ2n) is 10.6. The number of hydrogen-bond acceptors (Lipinski definition) is 4. The molecule has 0 N–H and O–H groups in total. The summed E-state index contributed by atoms with van der Waals surface area (Å²) in [5.74, 6) is -0.00930. The Morgan fingerprint density at radius 3 is 2.19 bits per heavy atom. The molecular weight excluding hydrogens is 460 g/mol. The number of carbonyl (C=O) groups is 2. The Morgan fingerprint density at radius 1 is 0.946 bits per heavy atom. The molecule has 0 spiro atoms. The molecule has 3 aliphatic rings. The summed E-state index contributed by atoms with van der Waals surface area (Å²) in [6, 6.07) is 24.2. The van der Waals surface area contributed by atoms with Gasteiger partial charge in [0.15, 0.2) is 5.78 Å². The van der Waals surface area contributed by atoms with Gasteiger partial charge in [-0.05, 0) is 79.0 Å². The first-order valence-corrected chi connectivity index (χ1v) is 13.2. The van der Waals surface area contributed by atoms with Crippen LogP contribution in [0.1, 0.15) is 70.6 Å². The summed E-state index contributed by atoms with van der Waals surface area (Å²) in [7, 11) is 0. The van der Waals surface area contributed by atoms with E-state index in [4.69, 9.17) is 4.74 Å². The number of aryl methyl sites for hydroxylation is 1. The van der Waals surface area contributed by atoms with Crippen LogP contribution in [0.4, 0.5) is 4.79 Å². The van der Waals surface area contributed by atoms with Crippen molar-refractivity contribution in [3.63, 3.8) is 0 Å². The monoisotopic (exact) mass is 490 g/mol. The maximum absolute atomic E-state index is 13.5. The highest BCUT2D eigenvalue weighted by Gasteiger charge is 2.44. The van der Waals surface area contributed by atoms with Crippen molar-refractivity contribution in [1.29, 1.82) is 5.26 Å². The van der Waals surface area contributed by atoms with Gasteiger partial charge in [0.25, 0.3) is 0 Å². The van der Waals surface area contributed by atoms with Crippen LogP contribution in [0, 0.1) is 24.2 Å². The lowest BCUT2D eigenvalue weighted by molar-refractivity contribution is 0.00649. The van der Waals surface area contributed by atoms with Crippen molar-refractivity contribution in [1.82, 2.24) is 4.90 Å². The summed E-state index contributed by atoms with van der Waals surface area (Å²) >= 11 is 0. The molecule has 0 saturated carbocycles. The zero-order chi connectivity index (χ0) is 25.5. The van der Waals surface area contributed by atoms with Gasteiger partial charge in [0.2, 0.25) is 0 Å². The number of nitrogens with zero attached hydrogens (tertiary/aromatic N) is 2. The minimum Gasteiger partial charge on any atom is -0.448 e. The van der Waals surface area contributed by atoms with Gasteiger partial charge in [-0.1, -0.05) is 54.6 Å². The van der Waals surface area contributed by atoms with Gasteiger partial charge in [-0.25, -0.2) is 4.79 Å². The molecule has 2 atom stereocenters. The first kappa shape index (κ1) is 23.5.